The number of dihydropyridines is 1. The third-order valence-electron chi connectivity index (χ3n) is 7.29. The molecule has 9 N–H and O–H groups in total. The van der Waals surface area contributed by atoms with E-state index in [0.717, 1.165) is 83.1 Å². The molecule has 2 radical (unpaired) electrons. The first kappa shape index (κ1) is 47.1. The predicted octanol–water partition coefficient (Wildman–Crippen LogP) is 5.19. The minimum Gasteiger partial charge on any atom is -0.693 e. The molecule has 0 aliphatic carbocycles. The van der Waals surface area contributed by atoms with Gasteiger partial charge in [0, 0.05) is 25.2 Å². The number of nitrogens with zero attached hydrogens (tertiary/aromatic N) is 11. The summed E-state index contributed by atoms with van der Waals surface area (Å²) in [5.74, 6) is 0. The van der Waals surface area contributed by atoms with Gasteiger partial charge in [-0.3, -0.25) is 9.98 Å². The maximum absolute atomic E-state index is 4.41. The Morgan fingerprint density at radius 2 is 1.32 bits per heavy atom. The number of nitrogens with one attached hydrogen (secondary N) is 1. The zero-order chi connectivity index (χ0) is 28.9. The van der Waals surface area contributed by atoms with Gasteiger partial charge in [0.05, 0.1) is 36.4 Å². The van der Waals surface area contributed by atoms with E-state index in [-0.39, 0.29) is 51.2 Å². The molecule has 15 nitrogen and oxygen atoms in total. The molecule has 1 aromatic rings. The van der Waals surface area contributed by atoms with Crippen LogP contribution < -0.4 is 5.32 Å². The van der Waals surface area contributed by atoms with Gasteiger partial charge >= 0.3 is 34.1 Å². The van der Waals surface area contributed by atoms with Crippen LogP contribution in [0.3, 0.4) is 0 Å². The fourth-order valence-electron chi connectivity index (χ4n) is 4.91. The number of allylic oxidation sites excluding steroid dienone is 1. The summed E-state index contributed by atoms with van der Waals surface area (Å²) < 4.78 is 0. The molecule has 6 heterocycles. The first-order chi connectivity index (χ1) is 20.8. The van der Waals surface area contributed by atoms with E-state index in [0.29, 0.717) is 24.2 Å². The second-order valence-corrected chi connectivity index (χ2v) is 11.0. The molecular formula is C30H54Cu2N13O2+. The summed E-state index contributed by atoms with van der Waals surface area (Å²) in [5.41, 5.74) is 5.52. The van der Waals surface area contributed by atoms with Gasteiger partial charge in [0.15, 0.2) is 0 Å². The minimum atomic E-state index is 0. The van der Waals surface area contributed by atoms with Gasteiger partial charge in [0.2, 0.25) is 0 Å². The molecule has 17 heteroatoms. The average molecular weight is 756 g/mol. The van der Waals surface area contributed by atoms with Crippen molar-refractivity contribution in [2.45, 2.75) is 75.5 Å². The Morgan fingerprint density at radius 1 is 0.766 bits per heavy atom. The number of aromatic nitrogens is 1. The molecule has 6 rings (SSSR count). The molecule has 4 unspecified atom stereocenters. The maximum Gasteiger partial charge on any atom is 2.00 e. The molecule has 5 aliphatic heterocycles. The van der Waals surface area contributed by atoms with Gasteiger partial charge in [-0.2, -0.15) is 20.5 Å². The van der Waals surface area contributed by atoms with Crippen LogP contribution in [0.5, 0.6) is 0 Å². The molecular weight excluding hydrogens is 702 g/mol. The summed E-state index contributed by atoms with van der Waals surface area (Å²) in [6.07, 6.45) is 18.4. The fourth-order valence-corrected chi connectivity index (χ4v) is 4.91. The summed E-state index contributed by atoms with van der Waals surface area (Å²) in [7, 11) is 0. The van der Waals surface area contributed by atoms with Crippen molar-refractivity contribution < 1.29 is 45.1 Å². The van der Waals surface area contributed by atoms with Gasteiger partial charge in [-0.25, -0.2) is 0 Å². The summed E-state index contributed by atoms with van der Waals surface area (Å²) in [4.78, 5) is 7.99. The van der Waals surface area contributed by atoms with E-state index in [9.17, 15) is 0 Å². The Hall–Kier alpha value is -2.01. The number of pyridine rings is 1. The number of hydrogen-bond donors (Lipinski definition) is 1. The van der Waals surface area contributed by atoms with E-state index >= 15 is 0 Å². The number of aliphatic imine (C=N–C) groups is 1. The van der Waals surface area contributed by atoms with Crippen molar-refractivity contribution in [2.24, 2.45) is 30.6 Å². The van der Waals surface area contributed by atoms with Gasteiger partial charge in [-0.05, 0) is 50.8 Å². The van der Waals surface area contributed by atoms with Crippen molar-refractivity contribution in [3.8, 4) is 0 Å². The number of hydrogen-bond acceptors (Lipinski definition) is 8. The monoisotopic (exact) mass is 754 g/mol. The van der Waals surface area contributed by atoms with Crippen LogP contribution >= 0.6 is 0 Å². The molecule has 0 saturated carbocycles. The van der Waals surface area contributed by atoms with Gasteiger partial charge in [0.1, 0.15) is 0 Å². The van der Waals surface area contributed by atoms with E-state index in [4.69, 9.17) is 0 Å². The van der Waals surface area contributed by atoms with E-state index in [2.05, 4.69) is 62.2 Å². The van der Waals surface area contributed by atoms with Crippen molar-refractivity contribution in [2.75, 3.05) is 58.9 Å². The summed E-state index contributed by atoms with van der Waals surface area (Å²) in [6.45, 7) is 8.60. The Morgan fingerprint density at radius 3 is 1.74 bits per heavy atom. The number of nitrogens with two attached hydrogens (primary N) is 1. The quantitative estimate of drug-likeness (QED) is 0.178. The Kier molecular flexibility index (Phi) is 30.1. The third-order valence-corrected chi connectivity index (χ3v) is 7.29. The maximum atomic E-state index is 4.41. The molecule has 1 aromatic heterocycles. The predicted molar refractivity (Wildman–Crippen MR) is 186 cm³/mol. The Labute approximate surface area is 301 Å². The van der Waals surface area contributed by atoms with Gasteiger partial charge < -0.3 is 48.9 Å². The van der Waals surface area contributed by atoms with Crippen molar-refractivity contribution in [1.29, 1.82) is 0 Å². The topological polar surface area (TPSA) is 255 Å². The van der Waals surface area contributed by atoms with E-state index < -0.39 is 0 Å². The third kappa shape index (κ3) is 20.9. The second kappa shape index (κ2) is 30.1. The second-order valence-electron chi connectivity index (χ2n) is 11.0. The molecule has 4 fully saturated rings. The molecule has 0 amide bonds. The fraction of sp³-hybridized carbons (Fsp3) is 0.700. The summed E-state index contributed by atoms with van der Waals surface area (Å²) in [5, 5.41) is 38.0. The first-order valence-electron chi connectivity index (χ1n) is 15.6. The van der Waals surface area contributed by atoms with Crippen LogP contribution in [0.1, 0.15) is 51.4 Å². The molecule has 5 aliphatic rings. The van der Waals surface area contributed by atoms with Crippen LogP contribution in [-0.2, 0) is 45.1 Å². The van der Waals surface area contributed by atoms with Crippen molar-refractivity contribution in [3.63, 3.8) is 0 Å². The number of piperidine rings is 4. The van der Waals surface area contributed by atoms with Crippen LogP contribution in [0.2, 0.25) is 0 Å². The van der Waals surface area contributed by atoms with Crippen LogP contribution in [0, 0.1) is 0 Å². The van der Waals surface area contributed by atoms with Crippen LogP contribution in [-0.4, -0.2) is 100.0 Å². The van der Waals surface area contributed by atoms with Crippen LogP contribution in [0.25, 0.3) is 27.5 Å². The number of azo groups is 2. The summed E-state index contributed by atoms with van der Waals surface area (Å²) in [6, 6.07) is 5.21. The minimum absolute atomic E-state index is 0. The molecule has 0 spiro atoms. The first-order valence-corrected chi connectivity index (χ1v) is 15.6. The van der Waals surface area contributed by atoms with Crippen LogP contribution in [0.15, 0.2) is 67.2 Å². The average Bonchev–Trinajstić information content (AvgIpc) is 3.09. The Balaban J connectivity index is 0. The largest absolute Gasteiger partial charge is 2.00 e. The molecule has 4 atom stereocenters. The smallest absolute Gasteiger partial charge is 0.693 e. The zero-order valence-corrected chi connectivity index (χ0v) is 29.0. The molecule has 0 aromatic carbocycles. The molecule has 0 bridgehead atoms. The standard InChI is InChI=1S/C10H19N4.C10H18N4.C10H9N4.2Cu.H2N.2H2O/c3*1-3-9(7-11-5-1)13-14-10-4-2-6-12-8-10;;;;;/h9-11H,1-8H2;9-10H,1-8H2;1-5,7-8H,6H2;;;3*1H2/q-1;-2;-1;2*+2;-1;;/p+2/b;;14-10+;;;;;. The Bertz CT molecular complexity index is 914. The van der Waals surface area contributed by atoms with Crippen LogP contribution in [0.4, 0.5) is 5.69 Å². The van der Waals surface area contributed by atoms with Gasteiger partial charge in [-0.1, -0.05) is 31.4 Å². The molecule has 4 saturated heterocycles. The van der Waals surface area contributed by atoms with Crippen molar-refractivity contribution in [1.82, 2.24) is 10.3 Å². The van der Waals surface area contributed by atoms with Crippen molar-refractivity contribution >= 4 is 17.6 Å². The van der Waals surface area contributed by atoms with Gasteiger partial charge in [-0.15, -0.1) is 45.0 Å². The van der Waals surface area contributed by atoms with E-state index in [1.54, 1.807) is 18.6 Å². The molecule has 47 heavy (non-hydrogen) atoms. The van der Waals surface area contributed by atoms with E-state index in [1.807, 2.05) is 24.3 Å². The van der Waals surface area contributed by atoms with Crippen molar-refractivity contribution in [3.05, 3.63) is 64.2 Å². The number of rotatable bonds is 6. The molecule has 272 valence electrons. The normalized spacial score (nSPS) is 25.9. The van der Waals surface area contributed by atoms with E-state index in [1.165, 1.54) is 38.5 Å². The zero-order valence-electron chi connectivity index (χ0n) is 27.1. The summed E-state index contributed by atoms with van der Waals surface area (Å²) >= 11 is 0. The SMILES string of the molecule is C1=C/C(=N\[N-]c2cccnc2)C=NC1.C1C[N-]CC(N=NC2CCCNC2)C1.C1C[N-]CC(N=NC2CCC[N-]C2)C1.[Cu+2].[Cu+2].[NH2-].[OH3+].[OH3+]. The van der Waals surface area contributed by atoms with Gasteiger partial charge in [0.25, 0.3) is 0 Å².